The Morgan fingerprint density at radius 2 is 1.94 bits per heavy atom. The summed E-state index contributed by atoms with van der Waals surface area (Å²) in [5, 5.41) is 8.38. The number of rotatable bonds is 7. The highest BCUT2D eigenvalue weighted by molar-refractivity contribution is 6.23. The molecule has 0 aliphatic heterocycles. The lowest BCUT2D eigenvalue weighted by molar-refractivity contribution is -0.138. The van der Waals surface area contributed by atoms with Crippen molar-refractivity contribution >= 4 is 18.0 Å². The number of ether oxygens (including phenoxy) is 1. The maximum atomic E-state index is 10.2. The van der Waals surface area contributed by atoms with Crippen molar-refractivity contribution in [3.05, 3.63) is 0 Å². The largest absolute Gasteiger partial charge is 0.480 e. The van der Waals surface area contributed by atoms with Crippen LogP contribution in [0.1, 0.15) is 26.2 Å². The summed E-state index contributed by atoms with van der Waals surface area (Å²) in [6.45, 7) is 1.89. The first kappa shape index (κ1) is 17.1. The molecule has 0 fully saturated rings. The van der Waals surface area contributed by atoms with Gasteiger partial charge in [-0.05, 0) is 19.3 Å². The van der Waals surface area contributed by atoms with E-state index in [-0.39, 0.29) is 6.29 Å². The molecule has 3 N–H and O–H groups in total. The smallest absolute Gasteiger partial charge is 0.320 e. The molecule has 0 spiro atoms. The zero-order valence-electron chi connectivity index (χ0n) is 9.64. The molecule has 6 nitrogen and oxygen atoms in total. The first-order valence-electron chi connectivity index (χ1n) is 4.88. The molecule has 0 radical (unpaired) electrons. The summed E-state index contributed by atoms with van der Waals surface area (Å²) in [7, 11) is 1.62. The van der Waals surface area contributed by atoms with Crippen LogP contribution in [0.4, 0.5) is 0 Å². The number of unbranched alkanes of at least 4 members (excludes halogenated alkanes) is 1. The van der Waals surface area contributed by atoms with Gasteiger partial charge in [0.2, 0.25) is 0 Å². The van der Waals surface area contributed by atoms with E-state index in [1.807, 2.05) is 0 Å². The van der Waals surface area contributed by atoms with Crippen LogP contribution in [0.3, 0.4) is 0 Å². The highest BCUT2D eigenvalue weighted by Crippen LogP contribution is 1.98. The van der Waals surface area contributed by atoms with Crippen LogP contribution in [0.25, 0.3) is 0 Å². The van der Waals surface area contributed by atoms with E-state index in [1.54, 1.807) is 7.11 Å². The molecule has 0 saturated heterocycles. The van der Waals surface area contributed by atoms with Crippen LogP contribution < -0.4 is 5.73 Å². The number of carboxylic acids is 1. The maximum Gasteiger partial charge on any atom is 0.320 e. The molecular weight excluding hydrogens is 214 g/mol. The van der Waals surface area contributed by atoms with Gasteiger partial charge in [-0.1, -0.05) is 0 Å². The van der Waals surface area contributed by atoms with Gasteiger partial charge in [0, 0.05) is 20.6 Å². The first-order valence-corrected chi connectivity index (χ1v) is 4.88. The van der Waals surface area contributed by atoms with Crippen molar-refractivity contribution in [1.82, 2.24) is 0 Å². The molecule has 0 rings (SSSR count). The van der Waals surface area contributed by atoms with Gasteiger partial charge in [0.1, 0.15) is 6.04 Å². The van der Waals surface area contributed by atoms with Crippen molar-refractivity contribution in [2.75, 3.05) is 13.7 Å². The van der Waals surface area contributed by atoms with Crippen LogP contribution in [0.2, 0.25) is 0 Å². The second-order valence-corrected chi connectivity index (χ2v) is 3.16. The Bertz CT molecular complexity index is 217. The molecule has 0 bridgehead atoms. The van der Waals surface area contributed by atoms with Crippen molar-refractivity contribution in [2.24, 2.45) is 5.73 Å². The Morgan fingerprint density at radius 3 is 2.25 bits per heavy atom. The second kappa shape index (κ2) is 11.8. The molecular formula is C10H19NO5. The first-order chi connectivity index (χ1) is 7.45. The number of hydrogen-bond donors (Lipinski definition) is 2. The minimum Gasteiger partial charge on any atom is -0.480 e. The Morgan fingerprint density at radius 1 is 1.44 bits per heavy atom. The number of carbonyl (C=O) groups excluding carboxylic acids is 2. The van der Waals surface area contributed by atoms with Crippen molar-refractivity contribution in [3.8, 4) is 0 Å². The summed E-state index contributed by atoms with van der Waals surface area (Å²) in [6, 6.07) is -0.716. The lowest BCUT2D eigenvalue weighted by Gasteiger charge is -2.04. The summed E-state index contributed by atoms with van der Waals surface area (Å²) in [4.78, 5) is 28.8. The van der Waals surface area contributed by atoms with Crippen molar-refractivity contribution in [3.63, 3.8) is 0 Å². The number of carboxylic acid groups (broad SMARTS) is 1. The maximum absolute atomic E-state index is 10.2. The standard InChI is InChI=1S/C7H15NO3.C3H4O2/c1-11-5-3-2-4-6(8)7(9)10;1-3(5)2-4/h6H,2-5,8H2,1H3,(H,9,10);2H,1H3. The number of hydrogen-bond acceptors (Lipinski definition) is 5. The van der Waals surface area contributed by atoms with Gasteiger partial charge in [0.15, 0.2) is 12.1 Å². The third kappa shape index (κ3) is 15.2. The van der Waals surface area contributed by atoms with E-state index >= 15 is 0 Å². The Labute approximate surface area is 94.8 Å². The highest BCUT2D eigenvalue weighted by atomic mass is 16.5. The van der Waals surface area contributed by atoms with Gasteiger partial charge >= 0.3 is 5.97 Å². The van der Waals surface area contributed by atoms with Gasteiger partial charge in [0.05, 0.1) is 0 Å². The summed E-state index contributed by atoms with van der Waals surface area (Å²) in [6.07, 6.45) is 2.48. The molecule has 0 amide bonds. The average Bonchev–Trinajstić information content (AvgIpc) is 2.24. The normalized spacial score (nSPS) is 10.9. The van der Waals surface area contributed by atoms with Crippen molar-refractivity contribution in [1.29, 1.82) is 0 Å². The van der Waals surface area contributed by atoms with Gasteiger partial charge < -0.3 is 15.6 Å². The van der Waals surface area contributed by atoms with Gasteiger partial charge in [0.25, 0.3) is 0 Å². The number of nitrogens with two attached hydrogens (primary N) is 1. The minimum absolute atomic E-state index is 0.278. The molecule has 0 aromatic rings. The summed E-state index contributed by atoms with van der Waals surface area (Å²) in [5.74, 6) is -1.35. The summed E-state index contributed by atoms with van der Waals surface area (Å²) in [5.41, 5.74) is 5.26. The number of aldehydes is 1. The van der Waals surface area contributed by atoms with Crippen LogP contribution in [0.5, 0.6) is 0 Å². The zero-order chi connectivity index (χ0) is 13.0. The van der Waals surface area contributed by atoms with Gasteiger partial charge in [-0.3, -0.25) is 14.4 Å². The number of methoxy groups -OCH3 is 1. The van der Waals surface area contributed by atoms with E-state index in [0.29, 0.717) is 13.0 Å². The van der Waals surface area contributed by atoms with E-state index in [4.69, 9.17) is 20.4 Å². The third-order valence-corrected chi connectivity index (χ3v) is 1.60. The van der Waals surface area contributed by atoms with Gasteiger partial charge in [-0.2, -0.15) is 0 Å². The average molecular weight is 233 g/mol. The molecule has 0 saturated carbocycles. The molecule has 0 aromatic heterocycles. The van der Waals surface area contributed by atoms with Gasteiger partial charge in [-0.15, -0.1) is 0 Å². The number of ketones is 1. The number of Topliss-reactive ketones (excluding diaryl/α,β-unsaturated/α-hetero) is 1. The molecule has 6 heteroatoms. The van der Waals surface area contributed by atoms with E-state index in [0.717, 1.165) is 12.8 Å². The fraction of sp³-hybridized carbons (Fsp3) is 0.700. The fourth-order valence-electron chi connectivity index (χ4n) is 0.734. The SMILES string of the molecule is CC(=O)C=O.COCCCCC(N)C(=O)O. The summed E-state index contributed by atoms with van der Waals surface area (Å²) < 4.78 is 4.80. The van der Waals surface area contributed by atoms with Crippen LogP contribution in [0, 0.1) is 0 Å². The number of carbonyl (C=O) groups is 3. The zero-order valence-corrected chi connectivity index (χ0v) is 9.64. The second-order valence-electron chi connectivity index (χ2n) is 3.16. The predicted octanol–water partition coefficient (Wildman–Crippen LogP) is -0.0107. The summed E-state index contributed by atoms with van der Waals surface area (Å²) >= 11 is 0. The van der Waals surface area contributed by atoms with Crippen LogP contribution in [-0.4, -0.2) is 42.9 Å². The van der Waals surface area contributed by atoms with Crippen LogP contribution in [0.15, 0.2) is 0 Å². The van der Waals surface area contributed by atoms with E-state index in [9.17, 15) is 9.59 Å². The van der Waals surface area contributed by atoms with Crippen molar-refractivity contribution in [2.45, 2.75) is 32.2 Å². The number of aliphatic carboxylic acids is 1. The van der Waals surface area contributed by atoms with E-state index in [1.165, 1.54) is 6.92 Å². The third-order valence-electron chi connectivity index (χ3n) is 1.60. The lowest BCUT2D eigenvalue weighted by atomic mass is 10.1. The molecule has 0 heterocycles. The quantitative estimate of drug-likeness (QED) is 0.364. The van der Waals surface area contributed by atoms with Crippen LogP contribution >= 0.6 is 0 Å². The topological polar surface area (TPSA) is 107 Å². The monoisotopic (exact) mass is 233 g/mol. The minimum atomic E-state index is -0.928. The molecule has 1 atom stereocenters. The lowest BCUT2D eigenvalue weighted by Crippen LogP contribution is -2.29. The van der Waals surface area contributed by atoms with Crippen molar-refractivity contribution < 1.29 is 24.2 Å². The predicted molar refractivity (Wildman–Crippen MR) is 58.1 cm³/mol. The van der Waals surface area contributed by atoms with Crippen LogP contribution in [-0.2, 0) is 19.1 Å². The Hall–Kier alpha value is -1.27. The molecule has 0 aromatic carbocycles. The Kier molecular flexibility index (Phi) is 12.6. The van der Waals surface area contributed by atoms with Gasteiger partial charge in [-0.25, -0.2) is 0 Å². The molecule has 1 unspecified atom stereocenters. The highest BCUT2D eigenvalue weighted by Gasteiger charge is 2.09. The van der Waals surface area contributed by atoms with E-state index in [2.05, 4.69) is 0 Å². The molecule has 94 valence electrons. The molecule has 16 heavy (non-hydrogen) atoms. The Balaban J connectivity index is 0. The van der Waals surface area contributed by atoms with E-state index < -0.39 is 17.8 Å². The fourth-order valence-corrected chi connectivity index (χ4v) is 0.734. The molecule has 0 aliphatic rings. The molecule has 0 aliphatic carbocycles.